The molecule has 0 aromatic heterocycles. The molecule has 0 aliphatic heterocycles. The molecule has 0 fully saturated rings. The van der Waals surface area contributed by atoms with Crippen LogP contribution in [-0.4, -0.2) is 51.4 Å². The Balaban J connectivity index is 1.81. The Kier molecular flexibility index (Phi) is 12.3. The predicted octanol–water partition coefficient (Wildman–Crippen LogP) is 6.72. The van der Waals surface area contributed by atoms with Crippen LogP contribution in [0.25, 0.3) is 0 Å². The highest BCUT2D eigenvalue weighted by atomic mass is 79.9. The van der Waals surface area contributed by atoms with Crippen molar-refractivity contribution in [2.75, 3.05) is 24.5 Å². The standard InChI is InChI=1S/C35H37BrClN3O5S/c1-25(2)22-38-35(42)32(20-26-10-6-4-7-11-26)39(23-27-14-16-28(36)17-15-27)34(41)24-40(29-18-19-33(45-3)31(37)21-29)46(43,44)30-12-8-5-9-13-30/h4-19,21,25,32H,20,22-24H2,1-3H3,(H,38,42). The summed E-state index contributed by atoms with van der Waals surface area (Å²) >= 11 is 9.88. The molecular formula is C35H37BrClN3O5S. The Hall–Kier alpha value is -3.86. The second kappa shape index (κ2) is 16.1. The number of benzene rings is 4. The average Bonchev–Trinajstić information content (AvgIpc) is 3.05. The summed E-state index contributed by atoms with van der Waals surface area (Å²) in [6.07, 6.45) is 0.229. The average molecular weight is 727 g/mol. The van der Waals surface area contributed by atoms with Crippen LogP contribution in [0.1, 0.15) is 25.0 Å². The summed E-state index contributed by atoms with van der Waals surface area (Å²) in [7, 11) is -2.79. The van der Waals surface area contributed by atoms with Crippen molar-refractivity contribution in [3.05, 3.63) is 124 Å². The summed E-state index contributed by atoms with van der Waals surface area (Å²) in [5, 5.41) is 3.17. The number of nitrogens with one attached hydrogen (secondary N) is 1. The number of hydrogen-bond donors (Lipinski definition) is 1. The number of carbonyl (C=O) groups is 2. The van der Waals surface area contributed by atoms with Crippen LogP contribution in [0.3, 0.4) is 0 Å². The molecule has 11 heteroatoms. The molecule has 0 aliphatic rings. The molecule has 242 valence electrons. The van der Waals surface area contributed by atoms with Gasteiger partial charge >= 0.3 is 0 Å². The molecule has 0 heterocycles. The van der Waals surface area contributed by atoms with E-state index in [1.165, 1.54) is 36.3 Å². The number of ether oxygens (including phenoxy) is 1. The minimum Gasteiger partial charge on any atom is -0.495 e. The third-order valence-corrected chi connectivity index (χ3v) is 9.87. The van der Waals surface area contributed by atoms with Gasteiger partial charge in [-0.2, -0.15) is 0 Å². The Bertz CT molecular complexity index is 1720. The summed E-state index contributed by atoms with van der Waals surface area (Å²) in [5.41, 5.74) is 1.81. The minimum atomic E-state index is -4.24. The van der Waals surface area contributed by atoms with Gasteiger partial charge in [-0.25, -0.2) is 8.42 Å². The molecule has 0 aliphatic carbocycles. The first-order valence-corrected chi connectivity index (χ1v) is 17.4. The number of amides is 2. The number of anilines is 1. The molecule has 2 amide bonds. The minimum absolute atomic E-state index is 0.00436. The van der Waals surface area contributed by atoms with Gasteiger partial charge in [-0.15, -0.1) is 0 Å². The highest BCUT2D eigenvalue weighted by Gasteiger charge is 2.35. The van der Waals surface area contributed by atoms with Gasteiger partial charge in [0.25, 0.3) is 10.0 Å². The predicted molar refractivity (Wildman–Crippen MR) is 185 cm³/mol. The van der Waals surface area contributed by atoms with Gasteiger partial charge in [-0.3, -0.25) is 13.9 Å². The molecular weight excluding hydrogens is 690 g/mol. The smallest absolute Gasteiger partial charge is 0.264 e. The highest BCUT2D eigenvalue weighted by molar-refractivity contribution is 9.10. The van der Waals surface area contributed by atoms with Gasteiger partial charge in [-0.1, -0.05) is 102 Å². The van der Waals surface area contributed by atoms with Gasteiger partial charge in [-0.05, 0) is 59.5 Å². The maximum absolute atomic E-state index is 14.5. The molecule has 0 saturated heterocycles. The fraction of sp³-hybridized carbons (Fsp3) is 0.257. The van der Waals surface area contributed by atoms with Crippen LogP contribution in [-0.2, 0) is 32.6 Å². The Morgan fingerprint density at radius 2 is 1.52 bits per heavy atom. The van der Waals surface area contributed by atoms with Gasteiger partial charge in [0.1, 0.15) is 18.3 Å². The van der Waals surface area contributed by atoms with Crippen LogP contribution in [0.4, 0.5) is 5.69 Å². The summed E-state index contributed by atoms with van der Waals surface area (Å²) in [5.74, 6) is -0.346. The zero-order valence-electron chi connectivity index (χ0n) is 25.9. The van der Waals surface area contributed by atoms with E-state index in [0.29, 0.717) is 12.3 Å². The van der Waals surface area contributed by atoms with E-state index in [-0.39, 0.29) is 40.4 Å². The van der Waals surface area contributed by atoms with E-state index in [4.69, 9.17) is 16.3 Å². The largest absolute Gasteiger partial charge is 0.495 e. The second-order valence-electron chi connectivity index (χ2n) is 11.1. The van der Waals surface area contributed by atoms with Crippen molar-refractivity contribution in [2.24, 2.45) is 5.92 Å². The van der Waals surface area contributed by atoms with E-state index < -0.39 is 28.5 Å². The SMILES string of the molecule is COc1ccc(N(CC(=O)N(Cc2ccc(Br)cc2)C(Cc2ccccc2)C(=O)NCC(C)C)S(=O)(=O)c2ccccc2)cc1Cl. The van der Waals surface area contributed by atoms with E-state index >= 15 is 0 Å². The van der Waals surface area contributed by atoms with Crippen molar-refractivity contribution in [2.45, 2.75) is 37.8 Å². The van der Waals surface area contributed by atoms with Crippen LogP contribution in [0, 0.1) is 5.92 Å². The molecule has 46 heavy (non-hydrogen) atoms. The number of nitrogens with zero attached hydrogens (tertiary/aromatic N) is 2. The summed E-state index contributed by atoms with van der Waals surface area (Å²) in [4.78, 5) is 29.9. The van der Waals surface area contributed by atoms with Crippen molar-refractivity contribution in [3.8, 4) is 5.75 Å². The van der Waals surface area contributed by atoms with Crippen LogP contribution < -0.4 is 14.4 Å². The molecule has 1 unspecified atom stereocenters. The fourth-order valence-corrected chi connectivity index (χ4v) is 6.77. The number of rotatable bonds is 14. The molecule has 0 radical (unpaired) electrons. The molecule has 1 atom stereocenters. The third-order valence-electron chi connectivity index (χ3n) is 7.26. The summed E-state index contributed by atoms with van der Waals surface area (Å²) in [6.45, 7) is 3.89. The maximum atomic E-state index is 14.5. The quantitative estimate of drug-likeness (QED) is 0.156. The van der Waals surface area contributed by atoms with E-state index in [9.17, 15) is 18.0 Å². The Morgan fingerprint density at radius 3 is 2.11 bits per heavy atom. The first-order chi connectivity index (χ1) is 22.0. The normalized spacial score (nSPS) is 12.0. The van der Waals surface area contributed by atoms with Gasteiger partial charge in [0.15, 0.2) is 0 Å². The van der Waals surface area contributed by atoms with E-state index in [1.54, 1.807) is 24.3 Å². The van der Waals surface area contributed by atoms with Crippen molar-refractivity contribution >= 4 is 55.1 Å². The molecule has 4 aromatic rings. The van der Waals surface area contributed by atoms with Gasteiger partial charge in [0.05, 0.1) is 22.7 Å². The molecule has 0 saturated carbocycles. The molecule has 0 bridgehead atoms. The lowest BCUT2D eigenvalue weighted by Gasteiger charge is -2.34. The summed E-state index contributed by atoms with van der Waals surface area (Å²) < 4.78 is 35.4. The van der Waals surface area contributed by atoms with E-state index in [0.717, 1.165) is 19.9 Å². The lowest BCUT2D eigenvalue weighted by molar-refractivity contribution is -0.140. The van der Waals surface area contributed by atoms with E-state index in [1.807, 2.05) is 68.4 Å². The van der Waals surface area contributed by atoms with Crippen molar-refractivity contribution in [3.63, 3.8) is 0 Å². The lowest BCUT2D eigenvalue weighted by atomic mass is 10.0. The van der Waals surface area contributed by atoms with Crippen LogP contribution in [0.15, 0.2) is 112 Å². The van der Waals surface area contributed by atoms with Gasteiger partial charge < -0.3 is 15.0 Å². The Labute approximate surface area is 284 Å². The number of sulfonamides is 1. The lowest BCUT2D eigenvalue weighted by Crippen LogP contribution is -2.53. The second-order valence-corrected chi connectivity index (χ2v) is 14.3. The maximum Gasteiger partial charge on any atom is 0.264 e. The topological polar surface area (TPSA) is 96.0 Å². The number of halogens is 2. The van der Waals surface area contributed by atoms with Crippen molar-refractivity contribution in [1.29, 1.82) is 0 Å². The van der Waals surface area contributed by atoms with Crippen LogP contribution in [0.2, 0.25) is 5.02 Å². The van der Waals surface area contributed by atoms with Gasteiger partial charge in [0.2, 0.25) is 11.8 Å². The van der Waals surface area contributed by atoms with Crippen molar-refractivity contribution in [1.82, 2.24) is 10.2 Å². The molecule has 0 spiro atoms. The first kappa shape index (κ1) is 35.0. The molecule has 4 rings (SSSR count). The monoisotopic (exact) mass is 725 g/mol. The zero-order valence-corrected chi connectivity index (χ0v) is 29.1. The van der Waals surface area contributed by atoms with E-state index in [2.05, 4.69) is 21.2 Å². The molecule has 1 N–H and O–H groups in total. The number of hydrogen-bond acceptors (Lipinski definition) is 5. The molecule has 8 nitrogen and oxygen atoms in total. The first-order valence-electron chi connectivity index (χ1n) is 14.8. The summed E-state index contributed by atoms with van der Waals surface area (Å²) in [6, 6.07) is 28.3. The van der Waals surface area contributed by atoms with Crippen molar-refractivity contribution < 1.29 is 22.7 Å². The third kappa shape index (κ3) is 9.11. The van der Waals surface area contributed by atoms with Crippen LogP contribution in [0.5, 0.6) is 5.75 Å². The van der Waals surface area contributed by atoms with Gasteiger partial charge in [0, 0.05) is 24.0 Å². The zero-order chi connectivity index (χ0) is 33.3. The number of carbonyl (C=O) groups excluding carboxylic acids is 2. The Morgan fingerprint density at radius 1 is 0.891 bits per heavy atom. The molecule has 4 aromatic carbocycles. The fourth-order valence-electron chi connectivity index (χ4n) is 4.82. The number of methoxy groups -OCH3 is 1. The van der Waals surface area contributed by atoms with Crippen LogP contribution >= 0.6 is 27.5 Å². The highest BCUT2D eigenvalue weighted by Crippen LogP contribution is 2.32.